The van der Waals surface area contributed by atoms with Crippen molar-refractivity contribution in [3.8, 4) is 5.75 Å². The van der Waals surface area contributed by atoms with Crippen LogP contribution in [0.2, 0.25) is 0 Å². The number of anilines is 1. The largest absolute Gasteiger partial charge is 0.489 e. The van der Waals surface area contributed by atoms with Gasteiger partial charge in [0.05, 0.1) is 7.11 Å². The molecule has 0 bridgehead atoms. The predicted octanol–water partition coefficient (Wildman–Crippen LogP) is 3.75. The fraction of sp³-hybridized carbons (Fsp3) is 0.188. The molecule has 1 N–H and O–H groups in total. The average molecular weight is 271 g/mol. The van der Waals surface area contributed by atoms with Crippen LogP contribution in [0.3, 0.4) is 0 Å². The molecule has 0 radical (unpaired) electrons. The summed E-state index contributed by atoms with van der Waals surface area (Å²) in [5.74, 6) is 0.751. The molecule has 0 unspecified atom stereocenters. The van der Waals surface area contributed by atoms with Gasteiger partial charge in [0.25, 0.3) is 0 Å². The normalized spacial score (nSPS) is 9.90. The zero-order chi connectivity index (χ0) is 14.4. The third-order valence-electron chi connectivity index (χ3n) is 2.81. The molecule has 0 atom stereocenters. The van der Waals surface area contributed by atoms with Crippen molar-refractivity contribution in [2.75, 3.05) is 12.4 Å². The van der Waals surface area contributed by atoms with Gasteiger partial charge in [0, 0.05) is 5.69 Å². The van der Waals surface area contributed by atoms with Crippen LogP contribution in [0, 0.1) is 6.92 Å². The van der Waals surface area contributed by atoms with E-state index in [1.54, 1.807) is 24.3 Å². The Kier molecular flexibility index (Phi) is 4.60. The number of ether oxygens (including phenoxy) is 2. The van der Waals surface area contributed by atoms with E-state index in [0.29, 0.717) is 12.3 Å². The molecular weight excluding hydrogens is 254 g/mol. The van der Waals surface area contributed by atoms with Gasteiger partial charge in [-0.1, -0.05) is 29.8 Å². The molecule has 4 nitrogen and oxygen atoms in total. The van der Waals surface area contributed by atoms with Crippen molar-refractivity contribution in [2.45, 2.75) is 13.5 Å². The number of nitrogens with one attached hydrogen (secondary N) is 1. The number of hydrogen-bond donors (Lipinski definition) is 1. The Labute approximate surface area is 118 Å². The minimum Gasteiger partial charge on any atom is -0.489 e. The number of methoxy groups -OCH3 is 1. The zero-order valence-electron chi connectivity index (χ0n) is 11.6. The van der Waals surface area contributed by atoms with Crippen molar-refractivity contribution in [3.63, 3.8) is 0 Å². The number of hydrogen-bond acceptors (Lipinski definition) is 3. The maximum absolute atomic E-state index is 11.0. The molecule has 0 spiro atoms. The van der Waals surface area contributed by atoms with Gasteiger partial charge in [-0.25, -0.2) is 4.79 Å². The molecule has 0 aromatic heterocycles. The van der Waals surface area contributed by atoms with Gasteiger partial charge < -0.3 is 9.47 Å². The van der Waals surface area contributed by atoms with E-state index in [-0.39, 0.29) is 0 Å². The Hall–Kier alpha value is -2.49. The van der Waals surface area contributed by atoms with Gasteiger partial charge in [0.15, 0.2) is 0 Å². The maximum Gasteiger partial charge on any atom is 0.411 e. The molecule has 0 aliphatic heterocycles. The van der Waals surface area contributed by atoms with E-state index in [4.69, 9.17) is 4.74 Å². The van der Waals surface area contributed by atoms with Gasteiger partial charge in [-0.3, -0.25) is 5.32 Å². The molecule has 0 fully saturated rings. The van der Waals surface area contributed by atoms with E-state index in [2.05, 4.69) is 29.1 Å². The van der Waals surface area contributed by atoms with Crippen molar-refractivity contribution < 1.29 is 14.3 Å². The molecule has 104 valence electrons. The van der Waals surface area contributed by atoms with Gasteiger partial charge >= 0.3 is 6.09 Å². The second kappa shape index (κ2) is 6.61. The number of benzene rings is 2. The summed E-state index contributed by atoms with van der Waals surface area (Å²) in [6.07, 6.45) is -0.488. The summed E-state index contributed by atoms with van der Waals surface area (Å²) in [6.45, 7) is 2.57. The molecule has 0 saturated carbocycles. The van der Waals surface area contributed by atoms with Crippen LogP contribution in [-0.2, 0) is 11.3 Å². The number of carbonyl (C=O) groups excluding carboxylic acids is 1. The molecule has 2 aromatic carbocycles. The SMILES string of the molecule is COC(=O)Nc1ccc(OCc2ccc(C)cc2)cc1. The Morgan fingerprint density at radius 2 is 1.70 bits per heavy atom. The summed E-state index contributed by atoms with van der Waals surface area (Å²) >= 11 is 0. The minimum absolute atomic E-state index is 0.488. The zero-order valence-corrected chi connectivity index (χ0v) is 11.6. The lowest BCUT2D eigenvalue weighted by Gasteiger charge is -2.08. The van der Waals surface area contributed by atoms with Gasteiger partial charge in [0.2, 0.25) is 0 Å². The molecule has 1 amide bonds. The fourth-order valence-corrected chi connectivity index (χ4v) is 1.65. The van der Waals surface area contributed by atoms with Crippen LogP contribution in [0.15, 0.2) is 48.5 Å². The Balaban J connectivity index is 1.90. The highest BCUT2D eigenvalue weighted by Crippen LogP contribution is 2.17. The molecule has 0 heterocycles. The average Bonchev–Trinajstić information content (AvgIpc) is 2.48. The monoisotopic (exact) mass is 271 g/mol. The number of rotatable bonds is 4. The molecule has 2 aromatic rings. The van der Waals surface area contributed by atoms with Crippen LogP contribution >= 0.6 is 0 Å². The highest BCUT2D eigenvalue weighted by atomic mass is 16.5. The van der Waals surface area contributed by atoms with Crippen molar-refractivity contribution >= 4 is 11.8 Å². The lowest BCUT2D eigenvalue weighted by molar-refractivity contribution is 0.187. The predicted molar refractivity (Wildman–Crippen MR) is 78.0 cm³/mol. The fourth-order valence-electron chi connectivity index (χ4n) is 1.65. The van der Waals surface area contributed by atoms with E-state index in [0.717, 1.165) is 11.3 Å². The van der Waals surface area contributed by atoms with Crippen LogP contribution in [0.25, 0.3) is 0 Å². The molecule has 4 heteroatoms. The Morgan fingerprint density at radius 3 is 2.30 bits per heavy atom. The van der Waals surface area contributed by atoms with Crippen molar-refractivity contribution in [2.24, 2.45) is 0 Å². The lowest BCUT2D eigenvalue weighted by Crippen LogP contribution is -2.10. The van der Waals surface area contributed by atoms with Crippen molar-refractivity contribution in [3.05, 3.63) is 59.7 Å². The van der Waals surface area contributed by atoms with E-state index in [9.17, 15) is 4.79 Å². The standard InChI is InChI=1S/C16H17NO3/c1-12-3-5-13(6-4-12)11-20-15-9-7-14(8-10-15)17-16(18)19-2/h3-10H,11H2,1-2H3,(H,17,18). The van der Waals surface area contributed by atoms with E-state index in [1.165, 1.54) is 12.7 Å². The third kappa shape index (κ3) is 4.02. The van der Waals surface area contributed by atoms with Crippen molar-refractivity contribution in [1.29, 1.82) is 0 Å². The first-order valence-electron chi connectivity index (χ1n) is 6.31. The van der Waals surface area contributed by atoms with E-state index < -0.39 is 6.09 Å². The van der Waals surface area contributed by atoms with Gasteiger partial charge in [-0.15, -0.1) is 0 Å². The third-order valence-corrected chi connectivity index (χ3v) is 2.81. The van der Waals surface area contributed by atoms with Crippen LogP contribution in [0.1, 0.15) is 11.1 Å². The summed E-state index contributed by atoms with van der Waals surface area (Å²) < 4.78 is 10.2. The first-order chi connectivity index (χ1) is 9.67. The smallest absolute Gasteiger partial charge is 0.411 e. The van der Waals surface area contributed by atoms with E-state index >= 15 is 0 Å². The molecule has 0 saturated heterocycles. The van der Waals surface area contributed by atoms with Crippen molar-refractivity contribution in [1.82, 2.24) is 0 Å². The summed E-state index contributed by atoms with van der Waals surface area (Å²) in [4.78, 5) is 11.0. The number of aryl methyl sites for hydroxylation is 1. The minimum atomic E-state index is -0.488. The first-order valence-corrected chi connectivity index (χ1v) is 6.31. The second-order valence-electron chi connectivity index (χ2n) is 4.42. The van der Waals surface area contributed by atoms with Gasteiger partial charge in [-0.05, 0) is 36.8 Å². The van der Waals surface area contributed by atoms with Crippen LogP contribution in [-0.4, -0.2) is 13.2 Å². The summed E-state index contributed by atoms with van der Waals surface area (Å²) in [7, 11) is 1.33. The molecular formula is C16H17NO3. The summed E-state index contributed by atoms with van der Waals surface area (Å²) in [5, 5.41) is 2.58. The molecule has 0 aliphatic carbocycles. The first kappa shape index (κ1) is 13.9. The maximum atomic E-state index is 11.0. The molecule has 0 aliphatic rings. The van der Waals surface area contributed by atoms with E-state index in [1.807, 2.05) is 12.1 Å². The number of amides is 1. The van der Waals surface area contributed by atoms with Gasteiger partial charge in [0.1, 0.15) is 12.4 Å². The quantitative estimate of drug-likeness (QED) is 0.921. The topological polar surface area (TPSA) is 47.6 Å². The molecule has 20 heavy (non-hydrogen) atoms. The lowest BCUT2D eigenvalue weighted by atomic mass is 10.2. The highest BCUT2D eigenvalue weighted by Gasteiger charge is 2.01. The van der Waals surface area contributed by atoms with Crippen LogP contribution < -0.4 is 10.1 Å². The van der Waals surface area contributed by atoms with Crippen LogP contribution in [0.4, 0.5) is 10.5 Å². The number of carbonyl (C=O) groups is 1. The summed E-state index contributed by atoms with van der Waals surface area (Å²) in [6, 6.07) is 15.3. The second-order valence-corrected chi connectivity index (χ2v) is 4.42. The molecule has 2 rings (SSSR count). The van der Waals surface area contributed by atoms with Crippen LogP contribution in [0.5, 0.6) is 5.75 Å². The Morgan fingerprint density at radius 1 is 1.05 bits per heavy atom. The van der Waals surface area contributed by atoms with Gasteiger partial charge in [-0.2, -0.15) is 0 Å². The Bertz CT molecular complexity index is 561. The highest BCUT2D eigenvalue weighted by molar-refractivity contribution is 5.84. The summed E-state index contributed by atoms with van der Waals surface area (Å²) in [5.41, 5.74) is 3.01.